The van der Waals surface area contributed by atoms with Crippen LogP contribution in [0.3, 0.4) is 0 Å². The minimum Gasteiger partial charge on any atom is -0.396 e. The summed E-state index contributed by atoms with van der Waals surface area (Å²) in [6.45, 7) is 0.0953. The van der Waals surface area contributed by atoms with E-state index in [9.17, 15) is 13.2 Å². The Labute approximate surface area is 167 Å². The van der Waals surface area contributed by atoms with Crippen molar-refractivity contribution in [2.24, 2.45) is 5.73 Å². The number of nitrogens with one attached hydrogen (secondary N) is 1. The Hall–Kier alpha value is -2.16. The van der Waals surface area contributed by atoms with E-state index in [-0.39, 0.29) is 24.0 Å². The van der Waals surface area contributed by atoms with Crippen LogP contribution in [-0.4, -0.2) is 42.5 Å². The predicted molar refractivity (Wildman–Crippen MR) is 112 cm³/mol. The first-order valence-corrected chi connectivity index (χ1v) is 11.9. The van der Waals surface area contributed by atoms with Gasteiger partial charge in [0.1, 0.15) is 9.84 Å². The third-order valence-electron chi connectivity index (χ3n) is 5.39. The first-order valence-electron chi connectivity index (χ1n) is 9.23. The van der Waals surface area contributed by atoms with Crippen molar-refractivity contribution < 1.29 is 18.3 Å². The van der Waals surface area contributed by atoms with Crippen LogP contribution in [0.15, 0.2) is 30.5 Å². The van der Waals surface area contributed by atoms with Gasteiger partial charge in [0.2, 0.25) is 0 Å². The molecular formula is C20H22N2O4S2. The lowest BCUT2D eigenvalue weighted by atomic mass is 9.91. The number of H-pyrrole nitrogens is 1. The second-order valence-corrected chi connectivity index (χ2v) is 10.7. The monoisotopic (exact) mass is 418 g/mol. The number of aromatic amines is 1. The molecule has 28 heavy (non-hydrogen) atoms. The summed E-state index contributed by atoms with van der Waals surface area (Å²) < 4.78 is 23.6. The van der Waals surface area contributed by atoms with E-state index < -0.39 is 15.7 Å². The van der Waals surface area contributed by atoms with Crippen molar-refractivity contribution in [1.82, 2.24) is 4.98 Å². The third kappa shape index (κ3) is 3.59. The molecule has 0 bridgehead atoms. The van der Waals surface area contributed by atoms with Gasteiger partial charge in [-0.2, -0.15) is 0 Å². The molecule has 6 nitrogen and oxygen atoms in total. The minimum absolute atomic E-state index is 0.0953. The lowest BCUT2D eigenvalue weighted by molar-refractivity contribution is 0.100. The number of fused-ring (bicyclic) bond motifs is 1. The van der Waals surface area contributed by atoms with Gasteiger partial charge in [0.05, 0.1) is 22.6 Å². The summed E-state index contributed by atoms with van der Waals surface area (Å²) in [5.74, 6) is 0.0322. The van der Waals surface area contributed by atoms with Gasteiger partial charge < -0.3 is 15.8 Å². The number of hydrogen-bond donors (Lipinski definition) is 3. The molecule has 8 heteroatoms. The Morgan fingerprint density at radius 2 is 2.00 bits per heavy atom. The number of sulfone groups is 1. The highest BCUT2D eigenvalue weighted by molar-refractivity contribution is 7.91. The summed E-state index contributed by atoms with van der Waals surface area (Å²) in [5.41, 5.74) is 8.71. The molecule has 4 N–H and O–H groups in total. The Bertz CT molecular complexity index is 1130. The highest BCUT2D eigenvalue weighted by Gasteiger charge is 2.27. The number of rotatable bonds is 5. The molecule has 4 rings (SSSR count). The number of thiophene rings is 1. The van der Waals surface area contributed by atoms with Gasteiger partial charge in [0.15, 0.2) is 0 Å². The Morgan fingerprint density at radius 3 is 2.68 bits per heavy atom. The van der Waals surface area contributed by atoms with Crippen LogP contribution in [0.25, 0.3) is 21.3 Å². The number of amides is 1. The van der Waals surface area contributed by atoms with Gasteiger partial charge in [0.25, 0.3) is 5.91 Å². The molecule has 0 unspecified atom stereocenters. The van der Waals surface area contributed by atoms with Crippen molar-refractivity contribution in [3.05, 3.63) is 46.5 Å². The minimum atomic E-state index is -2.94. The molecular weight excluding hydrogens is 396 g/mol. The maximum absolute atomic E-state index is 12.1. The molecule has 1 amide bonds. The van der Waals surface area contributed by atoms with Crippen LogP contribution >= 0.6 is 11.3 Å². The molecule has 3 heterocycles. The molecule has 1 aliphatic rings. The summed E-state index contributed by atoms with van der Waals surface area (Å²) >= 11 is 1.58. The van der Waals surface area contributed by atoms with Crippen LogP contribution in [0, 0.1) is 0 Å². The first-order chi connectivity index (χ1) is 13.4. The van der Waals surface area contributed by atoms with E-state index in [0.29, 0.717) is 30.3 Å². The number of aliphatic hydroxyl groups excluding tert-OH is 1. The van der Waals surface area contributed by atoms with Gasteiger partial charge in [0, 0.05) is 34.4 Å². The number of aromatic nitrogens is 1. The standard InChI is InChI=1S/C20H22N2O4S2/c21-20(24)16-10-13(18-2-1-14(27-18)3-6-23)9-15-17(11-22-19(15)16)12-4-7-28(25,26)8-5-12/h1-2,9-12,22-23H,3-8H2,(H2,21,24). The third-order valence-corrected chi connectivity index (χ3v) is 8.30. The summed E-state index contributed by atoms with van der Waals surface area (Å²) in [4.78, 5) is 17.3. The van der Waals surface area contributed by atoms with Crippen molar-refractivity contribution in [2.45, 2.75) is 25.2 Å². The molecule has 3 aromatic rings. The molecule has 1 aliphatic heterocycles. The van der Waals surface area contributed by atoms with Gasteiger partial charge in [-0.1, -0.05) is 0 Å². The lowest BCUT2D eigenvalue weighted by Crippen LogP contribution is -2.22. The number of carbonyl (C=O) groups excluding carboxylic acids is 1. The van der Waals surface area contributed by atoms with Crippen molar-refractivity contribution in [3.8, 4) is 10.4 Å². The average Bonchev–Trinajstić information content (AvgIpc) is 3.28. The molecule has 1 fully saturated rings. The van der Waals surface area contributed by atoms with E-state index in [1.807, 2.05) is 24.4 Å². The highest BCUT2D eigenvalue weighted by atomic mass is 32.2. The molecule has 0 spiro atoms. The summed E-state index contributed by atoms with van der Waals surface area (Å²) in [6.07, 6.45) is 3.66. The van der Waals surface area contributed by atoms with Crippen molar-refractivity contribution >= 4 is 38.0 Å². The predicted octanol–water partition coefficient (Wildman–Crippen LogP) is 2.82. The van der Waals surface area contributed by atoms with Gasteiger partial charge in [-0.05, 0) is 54.2 Å². The first kappa shape index (κ1) is 19.2. The topological polar surface area (TPSA) is 113 Å². The van der Waals surface area contributed by atoms with Crippen LogP contribution in [0.2, 0.25) is 0 Å². The quantitative estimate of drug-likeness (QED) is 0.591. The Morgan fingerprint density at radius 1 is 1.25 bits per heavy atom. The van der Waals surface area contributed by atoms with E-state index in [1.165, 1.54) is 0 Å². The molecule has 0 aliphatic carbocycles. The van der Waals surface area contributed by atoms with Crippen LogP contribution < -0.4 is 5.73 Å². The zero-order valence-electron chi connectivity index (χ0n) is 15.3. The van der Waals surface area contributed by atoms with Crippen LogP contribution in [-0.2, 0) is 16.3 Å². The number of aliphatic hydroxyl groups is 1. The number of benzene rings is 1. The van der Waals surface area contributed by atoms with Gasteiger partial charge in [-0.25, -0.2) is 8.42 Å². The summed E-state index contributed by atoms with van der Waals surface area (Å²) in [7, 11) is -2.94. The zero-order valence-corrected chi connectivity index (χ0v) is 16.9. The number of carbonyl (C=O) groups is 1. The summed E-state index contributed by atoms with van der Waals surface area (Å²) in [6, 6.07) is 7.81. The fourth-order valence-electron chi connectivity index (χ4n) is 3.91. The normalized spacial score (nSPS) is 17.2. The second-order valence-electron chi connectivity index (χ2n) is 7.22. The SMILES string of the molecule is NC(=O)c1cc(-c2ccc(CCO)s2)cc2c(C3CCS(=O)(=O)CC3)c[nH]c12. The Kier molecular flexibility index (Phi) is 5.03. The van der Waals surface area contributed by atoms with E-state index in [4.69, 9.17) is 10.8 Å². The van der Waals surface area contributed by atoms with Crippen LogP contribution in [0.1, 0.15) is 39.6 Å². The highest BCUT2D eigenvalue weighted by Crippen LogP contribution is 2.38. The van der Waals surface area contributed by atoms with Gasteiger partial charge >= 0.3 is 0 Å². The van der Waals surface area contributed by atoms with Crippen molar-refractivity contribution in [3.63, 3.8) is 0 Å². The maximum Gasteiger partial charge on any atom is 0.250 e. The largest absolute Gasteiger partial charge is 0.396 e. The molecule has 0 atom stereocenters. The van der Waals surface area contributed by atoms with Crippen LogP contribution in [0.4, 0.5) is 0 Å². The summed E-state index contributed by atoms with van der Waals surface area (Å²) in [5, 5.41) is 10.1. The van der Waals surface area contributed by atoms with Gasteiger partial charge in [-0.15, -0.1) is 11.3 Å². The van der Waals surface area contributed by atoms with E-state index in [0.717, 1.165) is 26.3 Å². The van der Waals surface area contributed by atoms with Crippen molar-refractivity contribution in [1.29, 1.82) is 0 Å². The average molecular weight is 419 g/mol. The molecule has 0 radical (unpaired) electrons. The maximum atomic E-state index is 12.1. The van der Waals surface area contributed by atoms with E-state index in [1.54, 1.807) is 17.4 Å². The molecule has 1 aromatic carbocycles. The fourth-order valence-corrected chi connectivity index (χ4v) is 6.38. The molecule has 0 saturated carbocycles. The number of primary amides is 1. The molecule has 2 aromatic heterocycles. The number of hydrogen-bond acceptors (Lipinski definition) is 5. The smallest absolute Gasteiger partial charge is 0.250 e. The fraction of sp³-hybridized carbons (Fsp3) is 0.350. The number of nitrogens with two attached hydrogens (primary N) is 1. The van der Waals surface area contributed by atoms with Crippen LogP contribution in [0.5, 0.6) is 0 Å². The van der Waals surface area contributed by atoms with Crippen molar-refractivity contribution in [2.75, 3.05) is 18.1 Å². The lowest BCUT2D eigenvalue weighted by Gasteiger charge is -2.21. The van der Waals surface area contributed by atoms with Gasteiger partial charge in [-0.3, -0.25) is 4.79 Å². The van der Waals surface area contributed by atoms with E-state index >= 15 is 0 Å². The van der Waals surface area contributed by atoms with E-state index in [2.05, 4.69) is 4.98 Å². The molecule has 1 saturated heterocycles. The zero-order chi connectivity index (χ0) is 19.9. The second kappa shape index (κ2) is 7.35. The molecule has 148 valence electrons. The Balaban J connectivity index is 1.80.